The molecule has 0 aliphatic carbocycles. The minimum atomic E-state index is -2.79. The average molecular weight is 498 g/mol. The van der Waals surface area contributed by atoms with Crippen LogP contribution in [0.15, 0.2) is 54.9 Å². The zero-order chi connectivity index (χ0) is 26.2. The molecule has 0 unspecified atom stereocenters. The molecule has 2 heterocycles. The number of hydrogen-bond donors (Lipinski definition) is 1. The maximum Gasteiger partial charge on any atom is 0.340 e. The first-order valence-corrected chi connectivity index (χ1v) is 10.8. The van der Waals surface area contributed by atoms with Crippen molar-refractivity contribution in [3.63, 3.8) is 0 Å². The molecule has 2 aromatic heterocycles. The fourth-order valence-corrected chi connectivity index (χ4v) is 3.36. The molecule has 0 aliphatic rings. The molecule has 2 amide bonds. The summed E-state index contributed by atoms with van der Waals surface area (Å²) in [7, 11) is 2.66. The van der Waals surface area contributed by atoms with Gasteiger partial charge in [-0.05, 0) is 29.8 Å². The molecule has 0 aliphatic heterocycles. The van der Waals surface area contributed by atoms with Crippen molar-refractivity contribution in [2.75, 3.05) is 25.7 Å². The van der Waals surface area contributed by atoms with Crippen molar-refractivity contribution in [2.24, 2.45) is 0 Å². The van der Waals surface area contributed by atoms with E-state index in [9.17, 15) is 23.2 Å². The quantitative estimate of drug-likeness (QED) is 0.450. The second-order valence-corrected chi connectivity index (χ2v) is 7.57. The highest BCUT2D eigenvalue weighted by atomic mass is 19.3. The Kier molecular flexibility index (Phi) is 8.61. The van der Waals surface area contributed by atoms with Crippen LogP contribution >= 0.6 is 0 Å². The number of nitrogens with zero attached hydrogens (tertiary/aromatic N) is 3. The molecule has 0 spiro atoms. The summed E-state index contributed by atoms with van der Waals surface area (Å²) in [5.41, 5.74) is 1.92. The van der Waals surface area contributed by atoms with E-state index < -0.39 is 24.8 Å². The van der Waals surface area contributed by atoms with Crippen molar-refractivity contribution < 1.29 is 32.6 Å². The monoisotopic (exact) mass is 498 g/mol. The smallest absolute Gasteiger partial charge is 0.340 e. The Bertz CT molecular complexity index is 1230. The number of esters is 1. The molecule has 0 bridgehead atoms. The molecule has 3 rings (SSSR count). The summed E-state index contributed by atoms with van der Waals surface area (Å²) in [5.74, 6) is -1.32. The van der Waals surface area contributed by atoms with Crippen molar-refractivity contribution in [3.05, 3.63) is 71.5 Å². The Morgan fingerprint density at radius 3 is 2.36 bits per heavy atom. The van der Waals surface area contributed by atoms with Gasteiger partial charge in [-0.3, -0.25) is 14.6 Å². The lowest BCUT2D eigenvalue weighted by atomic mass is 10.0. The summed E-state index contributed by atoms with van der Waals surface area (Å²) in [5, 5.41) is 2.77. The maximum atomic E-state index is 13.0. The lowest BCUT2D eigenvalue weighted by molar-refractivity contribution is -0.117. The first-order chi connectivity index (χ1) is 17.2. The third-order valence-corrected chi connectivity index (χ3v) is 5.17. The van der Waals surface area contributed by atoms with Crippen LogP contribution in [0.5, 0.6) is 5.88 Å². The number of rotatable bonds is 9. The first-order valence-electron chi connectivity index (χ1n) is 10.8. The summed E-state index contributed by atoms with van der Waals surface area (Å²) >= 11 is 0. The van der Waals surface area contributed by atoms with Gasteiger partial charge in [-0.1, -0.05) is 12.1 Å². The van der Waals surface area contributed by atoms with Crippen molar-refractivity contribution in [1.82, 2.24) is 15.3 Å². The van der Waals surface area contributed by atoms with Crippen LogP contribution in [0.3, 0.4) is 0 Å². The molecule has 0 saturated heterocycles. The Morgan fingerprint density at radius 1 is 1.03 bits per heavy atom. The molecule has 1 aromatic carbocycles. The Labute approximate surface area is 206 Å². The van der Waals surface area contributed by atoms with Crippen LogP contribution in [0.25, 0.3) is 11.3 Å². The number of hydrogen-bond acceptors (Lipinski definition) is 7. The molecule has 0 atom stereocenters. The van der Waals surface area contributed by atoms with E-state index >= 15 is 0 Å². The van der Waals surface area contributed by atoms with Gasteiger partial charge in [-0.15, -0.1) is 0 Å². The SMILES string of the molecule is COC(=O)c1cc(-c2ccc(C(=O)NCc3ccc(OC)nc3)cn2)ccc1N(CC(F)F)C(C)=O. The first kappa shape index (κ1) is 26.2. The molecular weight excluding hydrogens is 474 g/mol. The van der Waals surface area contributed by atoms with E-state index in [4.69, 9.17) is 9.47 Å². The van der Waals surface area contributed by atoms with Crippen molar-refractivity contribution in [3.8, 4) is 17.1 Å². The summed E-state index contributed by atoms with van der Waals surface area (Å²) in [6, 6.07) is 11.0. The van der Waals surface area contributed by atoms with Crippen molar-refractivity contribution in [1.29, 1.82) is 0 Å². The van der Waals surface area contributed by atoms with Gasteiger partial charge < -0.3 is 19.7 Å². The van der Waals surface area contributed by atoms with Gasteiger partial charge in [-0.25, -0.2) is 18.6 Å². The summed E-state index contributed by atoms with van der Waals surface area (Å²) < 4.78 is 35.8. The van der Waals surface area contributed by atoms with Crippen molar-refractivity contribution in [2.45, 2.75) is 19.9 Å². The van der Waals surface area contributed by atoms with Gasteiger partial charge in [0.1, 0.15) is 0 Å². The van der Waals surface area contributed by atoms with Gasteiger partial charge in [0, 0.05) is 37.5 Å². The molecule has 36 heavy (non-hydrogen) atoms. The van der Waals surface area contributed by atoms with Crippen LogP contribution in [0.1, 0.15) is 33.2 Å². The number of anilines is 1. The van der Waals surface area contributed by atoms with Gasteiger partial charge >= 0.3 is 5.97 Å². The lowest BCUT2D eigenvalue weighted by Gasteiger charge is -2.23. The standard InChI is InChI=1S/C25H24F2N4O5/c1-15(32)31(14-22(26)27)21-8-6-17(10-19(21)25(34)36-3)20-7-5-18(13-28-20)24(33)30-12-16-4-9-23(35-2)29-11-16/h4-11,13,22H,12,14H2,1-3H3,(H,30,33). The van der Waals surface area contributed by atoms with Gasteiger partial charge in [-0.2, -0.15) is 0 Å². The summed E-state index contributed by atoms with van der Waals surface area (Å²) in [6.45, 7) is 0.522. The highest BCUT2D eigenvalue weighted by Gasteiger charge is 2.24. The van der Waals surface area contributed by atoms with Crippen LogP contribution in [0.4, 0.5) is 14.5 Å². The molecule has 3 aromatic rings. The van der Waals surface area contributed by atoms with Gasteiger partial charge in [0.2, 0.25) is 11.8 Å². The zero-order valence-corrected chi connectivity index (χ0v) is 19.8. The fourth-order valence-electron chi connectivity index (χ4n) is 3.36. The lowest BCUT2D eigenvalue weighted by Crippen LogP contribution is -2.34. The van der Waals surface area contributed by atoms with E-state index in [1.165, 1.54) is 25.4 Å². The Hall–Kier alpha value is -4.41. The topological polar surface area (TPSA) is 111 Å². The molecule has 11 heteroatoms. The fraction of sp³-hybridized carbons (Fsp3) is 0.240. The minimum absolute atomic E-state index is 0.00224. The zero-order valence-electron chi connectivity index (χ0n) is 19.8. The molecule has 0 radical (unpaired) electrons. The van der Waals surface area contributed by atoms with Crippen LogP contribution in [-0.4, -0.2) is 54.9 Å². The molecule has 1 N–H and O–H groups in total. The second-order valence-electron chi connectivity index (χ2n) is 7.57. The largest absolute Gasteiger partial charge is 0.481 e. The van der Waals surface area contributed by atoms with Crippen LogP contribution in [0, 0.1) is 0 Å². The highest BCUT2D eigenvalue weighted by molar-refractivity contribution is 6.03. The van der Waals surface area contributed by atoms with Crippen molar-refractivity contribution >= 4 is 23.5 Å². The Balaban J connectivity index is 1.80. The molecule has 188 valence electrons. The van der Waals surface area contributed by atoms with Gasteiger partial charge in [0.25, 0.3) is 12.3 Å². The van der Waals surface area contributed by atoms with E-state index in [-0.39, 0.29) is 23.7 Å². The van der Waals surface area contributed by atoms with Crippen LogP contribution < -0.4 is 15.0 Å². The third kappa shape index (κ3) is 6.38. The van der Waals surface area contributed by atoms with Crippen LogP contribution in [0.2, 0.25) is 0 Å². The van der Waals surface area contributed by atoms with E-state index in [1.807, 2.05) is 0 Å². The van der Waals surface area contributed by atoms with Gasteiger partial charge in [0.05, 0.1) is 43.3 Å². The normalized spacial score (nSPS) is 10.6. The predicted molar refractivity (Wildman–Crippen MR) is 127 cm³/mol. The molecular formula is C25H24F2N4O5. The number of alkyl halides is 2. The van der Waals surface area contributed by atoms with E-state index in [1.54, 1.807) is 36.5 Å². The second kappa shape index (κ2) is 11.8. The minimum Gasteiger partial charge on any atom is -0.481 e. The Morgan fingerprint density at radius 2 is 1.81 bits per heavy atom. The van der Waals surface area contributed by atoms with Crippen LogP contribution in [-0.2, 0) is 16.1 Å². The van der Waals surface area contributed by atoms with Gasteiger partial charge in [0.15, 0.2) is 0 Å². The number of amides is 2. The summed E-state index contributed by atoms with van der Waals surface area (Å²) in [4.78, 5) is 46.0. The number of halogens is 2. The average Bonchev–Trinajstić information content (AvgIpc) is 2.89. The number of aromatic nitrogens is 2. The van der Waals surface area contributed by atoms with E-state index in [2.05, 4.69) is 15.3 Å². The number of benzene rings is 1. The molecule has 9 nitrogen and oxygen atoms in total. The summed E-state index contributed by atoms with van der Waals surface area (Å²) in [6.07, 6.45) is 0.180. The maximum absolute atomic E-state index is 13.0. The molecule has 0 fully saturated rings. The number of methoxy groups -OCH3 is 2. The molecule has 0 saturated carbocycles. The highest BCUT2D eigenvalue weighted by Crippen LogP contribution is 2.28. The number of ether oxygens (including phenoxy) is 2. The number of pyridine rings is 2. The van der Waals surface area contributed by atoms with E-state index in [0.717, 1.165) is 24.5 Å². The van der Waals surface area contributed by atoms with E-state index in [0.29, 0.717) is 22.7 Å². The number of nitrogens with one attached hydrogen (secondary N) is 1. The number of carbonyl (C=O) groups excluding carboxylic acids is 3. The third-order valence-electron chi connectivity index (χ3n) is 5.17. The number of carbonyl (C=O) groups is 3. The predicted octanol–water partition coefficient (Wildman–Crippen LogP) is 3.49.